The normalized spacial score (nSPS) is 23.2. The molecule has 0 radical (unpaired) electrons. The largest absolute Gasteiger partial charge is 0.379 e. The van der Waals surface area contributed by atoms with Gasteiger partial charge in [-0.2, -0.15) is 0 Å². The van der Waals surface area contributed by atoms with Gasteiger partial charge in [0.1, 0.15) is 0 Å². The number of aryl methyl sites for hydroxylation is 1. The quantitative estimate of drug-likeness (QED) is 0.834. The van der Waals surface area contributed by atoms with Crippen molar-refractivity contribution in [3.63, 3.8) is 0 Å². The molecule has 132 valence electrons. The Bertz CT molecular complexity index is 768. The fourth-order valence-corrected chi connectivity index (χ4v) is 3.70. The lowest BCUT2D eigenvalue weighted by molar-refractivity contribution is -0.129. The predicted molar refractivity (Wildman–Crippen MR) is 93.2 cm³/mol. The molecule has 2 heterocycles. The van der Waals surface area contributed by atoms with Gasteiger partial charge in [-0.3, -0.25) is 9.48 Å². The maximum atomic E-state index is 12.8. The lowest BCUT2D eigenvalue weighted by Gasteiger charge is -2.16. The van der Waals surface area contributed by atoms with E-state index in [-0.39, 0.29) is 17.9 Å². The van der Waals surface area contributed by atoms with Crippen LogP contribution < -0.4 is 0 Å². The van der Waals surface area contributed by atoms with Crippen molar-refractivity contribution in [2.24, 2.45) is 7.05 Å². The van der Waals surface area contributed by atoms with Crippen LogP contribution in [-0.4, -0.2) is 52.1 Å². The van der Waals surface area contributed by atoms with Crippen LogP contribution in [0.1, 0.15) is 41.5 Å². The second-order valence-corrected chi connectivity index (χ2v) is 7.19. The zero-order valence-electron chi connectivity index (χ0n) is 14.8. The topological polar surface area (TPSA) is 60.2 Å². The zero-order valence-corrected chi connectivity index (χ0v) is 14.8. The Hall–Kier alpha value is -2.21. The van der Waals surface area contributed by atoms with Gasteiger partial charge in [0.15, 0.2) is 0 Å². The minimum atomic E-state index is -0.0292. The molecule has 2 aliphatic rings. The van der Waals surface area contributed by atoms with E-state index in [2.05, 4.69) is 28.5 Å². The third kappa shape index (κ3) is 3.44. The number of hydrogen-bond acceptors (Lipinski definition) is 4. The van der Waals surface area contributed by atoms with Gasteiger partial charge in [-0.25, -0.2) is 0 Å². The predicted octanol–water partition coefficient (Wildman–Crippen LogP) is 1.88. The van der Waals surface area contributed by atoms with Crippen LogP contribution in [0.3, 0.4) is 0 Å². The highest BCUT2D eigenvalue weighted by atomic mass is 16.5. The second kappa shape index (κ2) is 6.59. The molecule has 2 fully saturated rings. The van der Waals surface area contributed by atoms with Crippen LogP contribution in [0.4, 0.5) is 0 Å². The van der Waals surface area contributed by atoms with Crippen molar-refractivity contribution < 1.29 is 9.53 Å². The van der Waals surface area contributed by atoms with Crippen molar-refractivity contribution in [1.82, 2.24) is 19.9 Å². The third-order valence-electron chi connectivity index (χ3n) is 5.28. The minimum Gasteiger partial charge on any atom is -0.379 e. The van der Waals surface area contributed by atoms with Crippen molar-refractivity contribution in [1.29, 1.82) is 0 Å². The summed E-state index contributed by atoms with van der Waals surface area (Å²) in [4.78, 5) is 14.7. The number of rotatable bonds is 5. The molecule has 1 saturated heterocycles. The van der Waals surface area contributed by atoms with Crippen molar-refractivity contribution in [3.05, 3.63) is 47.3 Å². The van der Waals surface area contributed by atoms with Crippen molar-refractivity contribution in [3.8, 4) is 0 Å². The van der Waals surface area contributed by atoms with Gasteiger partial charge in [-0.05, 0) is 29.9 Å². The molecule has 0 N–H and O–H groups in total. The van der Waals surface area contributed by atoms with Crippen LogP contribution in [-0.2, 0) is 23.0 Å². The number of hydrogen-bond donors (Lipinski definition) is 0. The lowest BCUT2D eigenvalue weighted by Crippen LogP contribution is -2.31. The van der Waals surface area contributed by atoms with Crippen LogP contribution in [0.25, 0.3) is 0 Å². The molecule has 4 rings (SSSR count). The Morgan fingerprint density at radius 2 is 2.16 bits per heavy atom. The average molecular weight is 340 g/mol. The van der Waals surface area contributed by atoms with Crippen LogP contribution in [0.15, 0.2) is 30.5 Å². The van der Waals surface area contributed by atoms with E-state index in [1.807, 2.05) is 24.2 Å². The summed E-state index contributed by atoms with van der Waals surface area (Å²) in [6.07, 6.45) is 4.88. The van der Waals surface area contributed by atoms with E-state index in [1.54, 1.807) is 11.8 Å². The molecule has 0 bridgehead atoms. The summed E-state index contributed by atoms with van der Waals surface area (Å²) in [7, 11) is 3.55. The Balaban J connectivity index is 1.44. The van der Waals surface area contributed by atoms with Gasteiger partial charge < -0.3 is 9.64 Å². The fraction of sp³-hybridized carbons (Fsp3) is 0.526. The smallest absolute Gasteiger partial charge is 0.227 e. The highest BCUT2D eigenvalue weighted by Gasteiger charge is 2.37. The number of nitrogens with zero attached hydrogens (tertiary/aromatic N) is 4. The number of amides is 1. The van der Waals surface area contributed by atoms with E-state index in [9.17, 15) is 4.79 Å². The van der Waals surface area contributed by atoms with E-state index >= 15 is 0 Å². The monoisotopic (exact) mass is 340 g/mol. The first kappa shape index (κ1) is 16.3. The summed E-state index contributed by atoms with van der Waals surface area (Å²) in [5, 5.41) is 8.21. The van der Waals surface area contributed by atoms with Crippen molar-refractivity contribution in [2.45, 2.75) is 37.2 Å². The first-order valence-corrected chi connectivity index (χ1v) is 8.89. The summed E-state index contributed by atoms with van der Waals surface area (Å²) in [6, 6.07) is 8.49. The number of aromatic nitrogens is 3. The van der Waals surface area contributed by atoms with Gasteiger partial charge in [-0.15, -0.1) is 5.10 Å². The molecule has 1 saturated carbocycles. The van der Waals surface area contributed by atoms with Gasteiger partial charge in [-0.1, -0.05) is 29.5 Å². The summed E-state index contributed by atoms with van der Waals surface area (Å²) >= 11 is 0. The van der Waals surface area contributed by atoms with Gasteiger partial charge in [0, 0.05) is 33.4 Å². The molecule has 2 atom stereocenters. The molecule has 1 aliphatic carbocycles. The fourth-order valence-electron chi connectivity index (χ4n) is 3.70. The summed E-state index contributed by atoms with van der Waals surface area (Å²) < 4.78 is 7.30. The Morgan fingerprint density at radius 1 is 1.32 bits per heavy atom. The van der Waals surface area contributed by atoms with Gasteiger partial charge in [0.25, 0.3) is 0 Å². The second-order valence-electron chi connectivity index (χ2n) is 7.19. The van der Waals surface area contributed by atoms with Crippen LogP contribution in [0, 0.1) is 0 Å². The first-order valence-electron chi connectivity index (χ1n) is 8.89. The Kier molecular flexibility index (Phi) is 4.29. The first-order chi connectivity index (χ1) is 12.1. The molecular formula is C19H24N4O2. The van der Waals surface area contributed by atoms with E-state index in [4.69, 9.17) is 4.74 Å². The molecule has 1 aromatic carbocycles. The van der Waals surface area contributed by atoms with Crippen molar-refractivity contribution >= 4 is 5.91 Å². The molecule has 1 amide bonds. The SMILES string of the molecule is CO[C@@H]1CN(C(=O)Cc2cccc(C3CC3)c2)C[C@H]1c1cn(C)nn1. The third-order valence-corrected chi connectivity index (χ3v) is 5.28. The van der Waals surface area contributed by atoms with Gasteiger partial charge in [0.05, 0.1) is 24.1 Å². The highest BCUT2D eigenvalue weighted by Crippen LogP contribution is 2.40. The molecule has 2 aromatic rings. The molecule has 6 nitrogen and oxygen atoms in total. The van der Waals surface area contributed by atoms with E-state index in [1.165, 1.54) is 18.4 Å². The molecule has 6 heteroatoms. The maximum absolute atomic E-state index is 12.8. The summed E-state index contributed by atoms with van der Waals surface area (Å²) in [5.74, 6) is 0.947. The van der Waals surface area contributed by atoms with Gasteiger partial charge >= 0.3 is 0 Å². The highest BCUT2D eigenvalue weighted by molar-refractivity contribution is 5.79. The Morgan fingerprint density at radius 3 is 2.84 bits per heavy atom. The molecular weight excluding hydrogens is 316 g/mol. The van der Waals surface area contributed by atoms with E-state index < -0.39 is 0 Å². The summed E-state index contributed by atoms with van der Waals surface area (Å²) in [6.45, 7) is 1.25. The van der Waals surface area contributed by atoms with Gasteiger partial charge in [0.2, 0.25) is 5.91 Å². The molecule has 0 unspecified atom stereocenters. The van der Waals surface area contributed by atoms with Crippen LogP contribution in [0.2, 0.25) is 0 Å². The minimum absolute atomic E-state index is 0.0292. The molecule has 1 aliphatic heterocycles. The number of likely N-dealkylation sites (tertiary alicyclic amines) is 1. The molecule has 0 spiro atoms. The number of benzene rings is 1. The lowest BCUT2D eigenvalue weighted by atomic mass is 10.0. The Labute approximate surface area is 147 Å². The standard InChI is InChI=1S/C19H24N4O2/c1-22-11-17(20-21-22)16-10-23(12-18(16)25-2)19(24)9-13-4-3-5-15(8-13)14-6-7-14/h3-5,8,11,14,16,18H,6-7,9-10,12H2,1-2H3/t16-,18+/m0/s1. The maximum Gasteiger partial charge on any atom is 0.227 e. The number of carbonyl (C=O) groups excluding carboxylic acids is 1. The van der Waals surface area contributed by atoms with Crippen LogP contribution in [0.5, 0.6) is 0 Å². The van der Waals surface area contributed by atoms with E-state index in [0.717, 1.165) is 11.3 Å². The number of ether oxygens (including phenoxy) is 1. The number of methoxy groups -OCH3 is 1. The molecule has 1 aromatic heterocycles. The average Bonchev–Trinajstić information content (AvgIpc) is 3.23. The zero-order chi connectivity index (χ0) is 17.4. The molecule has 25 heavy (non-hydrogen) atoms. The van der Waals surface area contributed by atoms with Crippen molar-refractivity contribution in [2.75, 3.05) is 20.2 Å². The number of carbonyl (C=O) groups is 1. The van der Waals surface area contributed by atoms with E-state index in [0.29, 0.717) is 25.4 Å². The van der Waals surface area contributed by atoms with Crippen LogP contribution >= 0.6 is 0 Å². The summed E-state index contributed by atoms with van der Waals surface area (Å²) in [5.41, 5.74) is 3.37.